The molecular weight excluding hydrogens is 389 g/mol. The summed E-state index contributed by atoms with van der Waals surface area (Å²) in [6.45, 7) is 2.88. The van der Waals surface area contributed by atoms with Crippen LogP contribution in [0, 0.1) is 0 Å². The molecule has 27 heavy (non-hydrogen) atoms. The molecule has 0 aliphatic rings. The largest absolute Gasteiger partial charge is 0.449 e. The Morgan fingerprint density at radius 1 is 1.11 bits per heavy atom. The number of ketones is 1. The minimum atomic E-state index is -1.02. The Balaban J connectivity index is 1.95. The molecule has 2 rings (SSSR count). The molecule has 0 saturated carbocycles. The topological polar surface area (TPSA) is 72.5 Å². The quantitative estimate of drug-likeness (QED) is 0.426. The first-order valence-electron chi connectivity index (χ1n) is 8.02. The molecule has 0 saturated heterocycles. The van der Waals surface area contributed by atoms with Crippen LogP contribution in [0.1, 0.15) is 29.8 Å². The molecule has 0 radical (unpaired) electrons. The highest BCUT2D eigenvalue weighted by molar-refractivity contribution is 6.35. The molecular formula is C20H17Cl2NO4. The van der Waals surface area contributed by atoms with Gasteiger partial charge in [0.05, 0.1) is 0 Å². The van der Waals surface area contributed by atoms with Gasteiger partial charge in [-0.15, -0.1) is 0 Å². The summed E-state index contributed by atoms with van der Waals surface area (Å²) in [4.78, 5) is 35.5. The van der Waals surface area contributed by atoms with Crippen LogP contribution < -0.4 is 5.32 Å². The van der Waals surface area contributed by atoms with Gasteiger partial charge in [-0.1, -0.05) is 41.4 Å². The van der Waals surface area contributed by atoms with E-state index in [0.717, 1.165) is 0 Å². The first-order chi connectivity index (χ1) is 12.8. The molecule has 0 aliphatic carbocycles. The molecule has 0 fully saturated rings. The Hall–Kier alpha value is -2.63. The van der Waals surface area contributed by atoms with Crippen molar-refractivity contribution in [2.24, 2.45) is 0 Å². The molecule has 2 aromatic rings. The Morgan fingerprint density at radius 2 is 1.85 bits per heavy atom. The maximum atomic E-state index is 12.2. The summed E-state index contributed by atoms with van der Waals surface area (Å²) in [7, 11) is 0. The van der Waals surface area contributed by atoms with Gasteiger partial charge >= 0.3 is 5.97 Å². The molecule has 7 heteroatoms. The van der Waals surface area contributed by atoms with Crippen molar-refractivity contribution in [3.05, 3.63) is 69.7 Å². The van der Waals surface area contributed by atoms with Crippen LogP contribution in [0.15, 0.2) is 48.5 Å². The van der Waals surface area contributed by atoms with Crippen molar-refractivity contribution in [2.75, 3.05) is 5.32 Å². The fourth-order valence-corrected chi connectivity index (χ4v) is 2.59. The number of hydrogen-bond donors (Lipinski definition) is 1. The molecule has 0 bridgehead atoms. The Kier molecular flexibility index (Phi) is 7.16. The van der Waals surface area contributed by atoms with Gasteiger partial charge in [0.2, 0.25) is 0 Å². The summed E-state index contributed by atoms with van der Waals surface area (Å²) in [6, 6.07) is 11.4. The van der Waals surface area contributed by atoms with E-state index in [4.69, 9.17) is 27.9 Å². The number of amides is 1. The molecule has 0 aromatic heterocycles. The van der Waals surface area contributed by atoms with Gasteiger partial charge < -0.3 is 10.1 Å². The highest BCUT2D eigenvalue weighted by Gasteiger charge is 2.17. The van der Waals surface area contributed by atoms with Gasteiger partial charge in [0.25, 0.3) is 5.91 Å². The SMILES string of the molecule is CC(=O)c1cccc(NC(=O)C(C)OC(=O)/C=C/c2ccc(Cl)cc2Cl)c1. The smallest absolute Gasteiger partial charge is 0.331 e. The molecule has 0 heterocycles. The lowest BCUT2D eigenvalue weighted by molar-refractivity contribution is -0.148. The van der Waals surface area contributed by atoms with E-state index in [1.54, 1.807) is 42.5 Å². The molecule has 0 aliphatic heterocycles. The number of carbonyl (C=O) groups is 3. The second-order valence-electron chi connectivity index (χ2n) is 5.70. The zero-order valence-corrected chi connectivity index (χ0v) is 16.2. The summed E-state index contributed by atoms with van der Waals surface area (Å²) in [5, 5.41) is 3.48. The Labute approximate surface area is 166 Å². The van der Waals surface area contributed by atoms with Crippen molar-refractivity contribution in [3.63, 3.8) is 0 Å². The molecule has 1 amide bonds. The predicted octanol–water partition coefficient (Wildman–Crippen LogP) is 4.78. The number of anilines is 1. The molecule has 140 valence electrons. The second-order valence-corrected chi connectivity index (χ2v) is 6.55. The standard InChI is InChI=1S/C20H17Cl2NO4/c1-12(24)15-4-3-5-17(10-15)23-20(26)13(2)27-19(25)9-7-14-6-8-16(21)11-18(14)22/h3-11,13H,1-2H3,(H,23,26)/b9-7+. The van der Waals surface area contributed by atoms with Crippen LogP contribution in [0.25, 0.3) is 6.08 Å². The number of nitrogens with one attached hydrogen (secondary N) is 1. The Morgan fingerprint density at radius 3 is 2.52 bits per heavy atom. The van der Waals surface area contributed by atoms with E-state index in [0.29, 0.717) is 26.9 Å². The first-order valence-corrected chi connectivity index (χ1v) is 8.77. The predicted molar refractivity (Wildman–Crippen MR) is 106 cm³/mol. The number of rotatable bonds is 6. The van der Waals surface area contributed by atoms with Crippen LogP contribution >= 0.6 is 23.2 Å². The number of hydrogen-bond acceptors (Lipinski definition) is 4. The van der Waals surface area contributed by atoms with E-state index in [9.17, 15) is 14.4 Å². The number of Topliss-reactive ketones (excluding diaryl/α,β-unsaturated/α-hetero) is 1. The summed E-state index contributed by atoms with van der Waals surface area (Å²) in [5.41, 5.74) is 1.51. The summed E-state index contributed by atoms with van der Waals surface area (Å²) in [5.74, 6) is -1.32. The van der Waals surface area contributed by atoms with E-state index in [-0.39, 0.29) is 5.78 Å². The van der Waals surface area contributed by atoms with E-state index in [1.807, 2.05) is 0 Å². The first kappa shape index (κ1) is 20.7. The van der Waals surface area contributed by atoms with Crippen molar-refractivity contribution in [1.29, 1.82) is 0 Å². The van der Waals surface area contributed by atoms with Crippen LogP contribution in [0.5, 0.6) is 0 Å². The fourth-order valence-electron chi connectivity index (χ4n) is 2.12. The molecule has 5 nitrogen and oxygen atoms in total. The number of halogens is 2. The second kappa shape index (κ2) is 9.35. The highest BCUT2D eigenvalue weighted by atomic mass is 35.5. The van der Waals surface area contributed by atoms with Crippen molar-refractivity contribution in [1.82, 2.24) is 0 Å². The van der Waals surface area contributed by atoms with Gasteiger partial charge in [-0.05, 0) is 49.8 Å². The van der Waals surface area contributed by atoms with Gasteiger partial charge in [0.15, 0.2) is 11.9 Å². The van der Waals surface area contributed by atoms with Crippen molar-refractivity contribution in [2.45, 2.75) is 20.0 Å². The van der Waals surface area contributed by atoms with E-state index >= 15 is 0 Å². The van der Waals surface area contributed by atoms with E-state index in [1.165, 1.54) is 26.0 Å². The maximum absolute atomic E-state index is 12.2. The van der Waals surface area contributed by atoms with Crippen LogP contribution in [0.3, 0.4) is 0 Å². The molecule has 0 spiro atoms. The van der Waals surface area contributed by atoms with E-state index in [2.05, 4.69) is 5.32 Å². The van der Waals surface area contributed by atoms with Crippen molar-refractivity contribution in [3.8, 4) is 0 Å². The number of ether oxygens (including phenoxy) is 1. The molecule has 2 aromatic carbocycles. The van der Waals surface area contributed by atoms with Crippen LogP contribution in [-0.4, -0.2) is 23.8 Å². The average Bonchev–Trinajstić information content (AvgIpc) is 2.61. The van der Waals surface area contributed by atoms with Crippen LogP contribution in [0.2, 0.25) is 10.0 Å². The number of benzene rings is 2. The maximum Gasteiger partial charge on any atom is 0.331 e. The molecule has 1 atom stereocenters. The zero-order chi connectivity index (χ0) is 20.0. The minimum absolute atomic E-state index is 0.114. The van der Waals surface area contributed by atoms with E-state index < -0.39 is 18.0 Å². The normalized spacial score (nSPS) is 11.9. The average molecular weight is 406 g/mol. The summed E-state index contributed by atoms with van der Waals surface area (Å²) >= 11 is 11.8. The molecule has 1 unspecified atom stereocenters. The zero-order valence-electron chi connectivity index (χ0n) is 14.7. The minimum Gasteiger partial charge on any atom is -0.449 e. The van der Waals surface area contributed by atoms with Crippen LogP contribution in [-0.2, 0) is 14.3 Å². The third-order valence-corrected chi connectivity index (χ3v) is 4.12. The van der Waals surface area contributed by atoms with Crippen molar-refractivity contribution >= 4 is 52.6 Å². The highest BCUT2D eigenvalue weighted by Crippen LogP contribution is 2.22. The third-order valence-electron chi connectivity index (χ3n) is 3.56. The number of esters is 1. The fraction of sp³-hybridized carbons (Fsp3) is 0.150. The summed E-state index contributed by atoms with van der Waals surface area (Å²) < 4.78 is 5.07. The van der Waals surface area contributed by atoms with Gasteiger partial charge in [0.1, 0.15) is 0 Å². The van der Waals surface area contributed by atoms with Gasteiger partial charge in [-0.25, -0.2) is 4.79 Å². The van der Waals surface area contributed by atoms with Gasteiger partial charge in [-0.3, -0.25) is 9.59 Å². The van der Waals surface area contributed by atoms with Gasteiger partial charge in [-0.2, -0.15) is 0 Å². The third kappa shape index (κ3) is 6.24. The Bertz CT molecular complexity index is 909. The van der Waals surface area contributed by atoms with Crippen LogP contribution in [0.4, 0.5) is 5.69 Å². The monoisotopic (exact) mass is 405 g/mol. The van der Waals surface area contributed by atoms with Gasteiger partial charge in [0, 0.05) is 27.4 Å². The molecule has 1 N–H and O–H groups in total. The lowest BCUT2D eigenvalue weighted by atomic mass is 10.1. The number of carbonyl (C=O) groups excluding carboxylic acids is 3. The lowest BCUT2D eigenvalue weighted by Crippen LogP contribution is -2.29. The lowest BCUT2D eigenvalue weighted by Gasteiger charge is -2.12. The summed E-state index contributed by atoms with van der Waals surface area (Å²) in [6.07, 6.45) is 1.63. The van der Waals surface area contributed by atoms with Crippen molar-refractivity contribution < 1.29 is 19.1 Å².